The Morgan fingerprint density at radius 2 is 2.24 bits per heavy atom. The van der Waals surface area contributed by atoms with Gasteiger partial charge in [0.1, 0.15) is 0 Å². The van der Waals surface area contributed by atoms with Crippen LogP contribution in [0.25, 0.3) is 0 Å². The molecule has 3 heteroatoms. The van der Waals surface area contributed by atoms with Crippen LogP contribution in [0, 0.1) is 6.92 Å². The first-order valence-corrected chi connectivity index (χ1v) is 6.26. The molecule has 2 rings (SSSR count). The first-order chi connectivity index (χ1) is 8.18. The van der Waals surface area contributed by atoms with Gasteiger partial charge >= 0.3 is 0 Å². The van der Waals surface area contributed by atoms with E-state index in [1.54, 1.807) is 4.90 Å². The second-order valence-electron chi connectivity index (χ2n) is 4.74. The predicted molar refractivity (Wildman–Crippen MR) is 70.2 cm³/mol. The number of anilines is 1. The van der Waals surface area contributed by atoms with Crippen LogP contribution in [0.5, 0.6) is 0 Å². The number of hydrogen-bond acceptors (Lipinski definition) is 2. The van der Waals surface area contributed by atoms with Crippen LogP contribution >= 0.6 is 0 Å². The molecular weight excluding hydrogens is 212 g/mol. The molecule has 1 aliphatic rings. The number of carbonyl (C=O) groups is 1. The molecule has 1 aromatic carbocycles. The molecule has 1 aliphatic heterocycles. The van der Waals surface area contributed by atoms with Crippen LogP contribution < -0.4 is 10.2 Å². The molecule has 17 heavy (non-hydrogen) atoms. The van der Waals surface area contributed by atoms with E-state index in [9.17, 15) is 4.79 Å². The number of nitrogens with zero attached hydrogens (tertiary/aromatic N) is 1. The van der Waals surface area contributed by atoms with Crippen LogP contribution in [-0.2, 0) is 4.79 Å². The molecule has 0 aromatic heterocycles. The topological polar surface area (TPSA) is 32.3 Å². The minimum atomic E-state index is -0.00531. The standard InChI is InChI=1S/C14H20N2O/c1-11-6-5-7-12(10-11)16(2)14(17)13-8-3-4-9-15-13/h5-7,10,13,15H,3-4,8-9H2,1-2H3. The Morgan fingerprint density at radius 3 is 2.88 bits per heavy atom. The van der Waals surface area contributed by atoms with Gasteiger partial charge in [0, 0.05) is 12.7 Å². The number of hydrogen-bond donors (Lipinski definition) is 1. The number of rotatable bonds is 2. The van der Waals surface area contributed by atoms with Crippen molar-refractivity contribution in [2.75, 3.05) is 18.5 Å². The maximum absolute atomic E-state index is 12.3. The lowest BCUT2D eigenvalue weighted by Gasteiger charge is -2.27. The molecule has 1 N–H and O–H groups in total. The summed E-state index contributed by atoms with van der Waals surface area (Å²) in [7, 11) is 1.85. The molecule has 1 heterocycles. The first-order valence-electron chi connectivity index (χ1n) is 6.26. The van der Waals surface area contributed by atoms with Crippen molar-refractivity contribution in [1.82, 2.24) is 5.32 Å². The summed E-state index contributed by atoms with van der Waals surface area (Å²) in [6.07, 6.45) is 3.28. The third kappa shape index (κ3) is 2.86. The van der Waals surface area contributed by atoms with Gasteiger partial charge in [-0.15, -0.1) is 0 Å². The summed E-state index contributed by atoms with van der Waals surface area (Å²) in [4.78, 5) is 14.0. The van der Waals surface area contributed by atoms with Crippen molar-refractivity contribution in [3.63, 3.8) is 0 Å². The van der Waals surface area contributed by atoms with Crippen molar-refractivity contribution in [1.29, 1.82) is 0 Å². The molecule has 1 amide bonds. The molecule has 1 fully saturated rings. The van der Waals surface area contributed by atoms with Crippen molar-refractivity contribution < 1.29 is 4.79 Å². The number of piperidine rings is 1. The average Bonchev–Trinajstić information content (AvgIpc) is 2.38. The highest BCUT2D eigenvalue weighted by molar-refractivity contribution is 5.96. The van der Waals surface area contributed by atoms with Gasteiger partial charge in [0.15, 0.2) is 0 Å². The fraction of sp³-hybridized carbons (Fsp3) is 0.500. The van der Waals surface area contributed by atoms with Crippen molar-refractivity contribution in [2.45, 2.75) is 32.2 Å². The lowest BCUT2D eigenvalue weighted by molar-refractivity contribution is -0.120. The molecule has 0 saturated carbocycles. The van der Waals surface area contributed by atoms with Gasteiger partial charge in [0.2, 0.25) is 5.91 Å². The van der Waals surface area contributed by atoms with E-state index in [-0.39, 0.29) is 11.9 Å². The fourth-order valence-corrected chi connectivity index (χ4v) is 2.26. The van der Waals surface area contributed by atoms with Gasteiger partial charge in [-0.2, -0.15) is 0 Å². The second kappa shape index (κ2) is 5.32. The van der Waals surface area contributed by atoms with Gasteiger partial charge in [-0.25, -0.2) is 0 Å². The average molecular weight is 232 g/mol. The highest BCUT2D eigenvalue weighted by Crippen LogP contribution is 2.17. The lowest BCUT2D eigenvalue weighted by Crippen LogP contribution is -2.47. The maximum Gasteiger partial charge on any atom is 0.243 e. The van der Waals surface area contributed by atoms with Gasteiger partial charge in [-0.05, 0) is 44.0 Å². The number of likely N-dealkylation sites (N-methyl/N-ethyl adjacent to an activating group) is 1. The van der Waals surface area contributed by atoms with Crippen LogP contribution in [0.15, 0.2) is 24.3 Å². The zero-order valence-corrected chi connectivity index (χ0v) is 10.6. The van der Waals surface area contributed by atoms with Crippen molar-refractivity contribution in [3.8, 4) is 0 Å². The molecule has 0 radical (unpaired) electrons. The van der Waals surface area contributed by atoms with Crippen LogP contribution in [0.1, 0.15) is 24.8 Å². The Bertz CT molecular complexity index is 397. The summed E-state index contributed by atoms with van der Waals surface area (Å²) < 4.78 is 0. The third-order valence-corrected chi connectivity index (χ3v) is 3.33. The van der Waals surface area contributed by atoms with Crippen molar-refractivity contribution >= 4 is 11.6 Å². The van der Waals surface area contributed by atoms with Gasteiger partial charge in [-0.3, -0.25) is 4.79 Å². The molecule has 3 nitrogen and oxygen atoms in total. The summed E-state index contributed by atoms with van der Waals surface area (Å²) in [5.41, 5.74) is 2.15. The maximum atomic E-state index is 12.3. The van der Waals surface area contributed by atoms with E-state index in [1.165, 1.54) is 12.0 Å². The summed E-state index contributed by atoms with van der Waals surface area (Å²) in [6, 6.07) is 8.05. The SMILES string of the molecule is Cc1cccc(N(C)C(=O)C2CCCCN2)c1. The molecule has 1 saturated heterocycles. The first kappa shape index (κ1) is 12.1. The number of nitrogens with one attached hydrogen (secondary N) is 1. The van der Waals surface area contributed by atoms with Gasteiger partial charge in [0.25, 0.3) is 0 Å². The molecule has 1 atom stereocenters. The van der Waals surface area contributed by atoms with E-state index in [0.29, 0.717) is 0 Å². The minimum absolute atomic E-state index is 0.00531. The van der Waals surface area contributed by atoms with E-state index in [2.05, 4.69) is 5.32 Å². The normalized spacial score (nSPS) is 20.0. The smallest absolute Gasteiger partial charge is 0.243 e. The third-order valence-electron chi connectivity index (χ3n) is 3.33. The number of carbonyl (C=O) groups excluding carboxylic acids is 1. The van der Waals surface area contributed by atoms with Gasteiger partial charge in [-0.1, -0.05) is 18.6 Å². The zero-order valence-electron chi connectivity index (χ0n) is 10.6. The van der Waals surface area contributed by atoms with E-state index in [1.807, 2.05) is 38.2 Å². The summed E-state index contributed by atoms with van der Waals surface area (Å²) in [5.74, 6) is 0.176. The fourth-order valence-electron chi connectivity index (χ4n) is 2.26. The molecular formula is C14H20N2O. The number of benzene rings is 1. The van der Waals surface area contributed by atoms with E-state index in [0.717, 1.165) is 25.1 Å². The van der Waals surface area contributed by atoms with Crippen molar-refractivity contribution in [2.24, 2.45) is 0 Å². The Balaban J connectivity index is 2.08. The number of amides is 1. The van der Waals surface area contributed by atoms with Crippen molar-refractivity contribution in [3.05, 3.63) is 29.8 Å². The molecule has 92 valence electrons. The Labute approximate surface area is 103 Å². The molecule has 1 aromatic rings. The Morgan fingerprint density at radius 1 is 1.41 bits per heavy atom. The summed E-state index contributed by atoms with van der Waals surface area (Å²) in [5, 5.41) is 3.29. The van der Waals surface area contributed by atoms with E-state index in [4.69, 9.17) is 0 Å². The van der Waals surface area contributed by atoms with Gasteiger partial charge < -0.3 is 10.2 Å². The Hall–Kier alpha value is -1.35. The molecule has 0 spiro atoms. The Kier molecular flexibility index (Phi) is 3.79. The molecule has 1 unspecified atom stereocenters. The largest absolute Gasteiger partial charge is 0.314 e. The highest BCUT2D eigenvalue weighted by atomic mass is 16.2. The second-order valence-corrected chi connectivity index (χ2v) is 4.74. The summed E-state index contributed by atoms with van der Waals surface area (Å²) in [6.45, 7) is 3.00. The predicted octanol–water partition coefficient (Wildman–Crippen LogP) is 2.10. The van der Waals surface area contributed by atoms with Crippen LogP contribution in [0.3, 0.4) is 0 Å². The van der Waals surface area contributed by atoms with Crippen LogP contribution in [-0.4, -0.2) is 25.5 Å². The monoisotopic (exact) mass is 232 g/mol. The van der Waals surface area contributed by atoms with Crippen LogP contribution in [0.2, 0.25) is 0 Å². The number of aryl methyl sites for hydroxylation is 1. The lowest BCUT2D eigenvalue weighted by atomic mass is 10.0. The minimum Gasteiger partial charge on any atom is -0.314 e. The van der Waals surface area contributed by atoms with E-state index < -0.39 is 0 Å². The molecule has 0 bridgehead atoms. The zero-order chi connectivity index (χ0) is 12.3. The highest BCUT2D eigenvalue weighted by Gasteiger charge is 2.24. The van der Waals surface area contributed by atoms with Gasteiger partial charge in [0.05, 0.1) is 6.04 Å². The van der Waals surface area contributed by atoms with Crippen LogP contribution in [0.4, 0.5) is 5.69 Å². The molecule has 0 aliphatic carbocycles. The van der Waals surface area contributed by atoms with E-state index >= 15 is 0 Å². The quantitative estimate of drug-likeness (QED) is 0.847. The summed E-state index contributed by atoms with van der Waals surface area (Å²) >= 11 is 0.